The number of nitrogens with two attached hydrogens (primary N) is 1. The van der Waals surface area contributed by atoms with E-state index in [1.165, 1.54) is 39.8 Å². The van der Waals surface area contributed by atoms with Crippen LogP contribution in [-0.2, 0) is 25.7 Å². The molecule has 0 saturated heterocycles. The van der Waals surface area contributed by atoms with Crippen LogP contribution in [0.2, 0.25) is 0 Å². The van der Waals surface area contributed by atoms with Crippen LogP contribution in [0, 0.1) is 6.92 Å². The van der Waals surface area contributed by atoms with Crippen molar-refractivity contribution >= 4 is 11.7 Å². The molecule has 3 aromatic heterocycles. The van der Waals surface area contributed by atoms with Gasteiger partial charge in [-0.2, -0.15) is 18.3 Å². The molecular formula is C26H25F3N8O. The Morgan fingerprint density at radius 2 is 1.97 bits per heavy atom. The number of carbonyl (C=O) groups is 1. The molecule has 1 aliphatic rings. The van der Waals surface area contributed by atoms with Gasteiger partial charge >= 0.3 is 6.18 Å². The maximum atomic E-state index is 12.7. The van der Waals surface area contributed by atoms with Gasteiger partial charge in [-0.1, -0.05) is 6.07 Å². The zero-order valence-electron chi connectivity index (χ0n) is 20.8. The van der Waals surface area contributed by atoms with E-state index in [0.717, 1.165) is 37.3 Å². The molecule has 9 nitrogen and oxygen atoms in total. The van der Waals surface area contributed by atoms with Crippen LogP contribution >= 0.6 is 0 Å². The number of fused-ring (bicyclic) bond motifs is 1. The summed E-state index contributed by atoms with van der Waals surface area (Å²) in [4.78, 5) is 27.3. The molecule has 0 aliphatic carbocycles. The number of halogens is 3. The number of nitrogens with one attached hydrogen (secondary N) is 1. The maximum Gasteiger partial charge on any atom is 0.433 e. The highest BCUT2D eigenvalue weighted by atomic mass is 19.4. The van der Waals surface area contributed by atoms with E-state index >= 15 is 0 Å². The Bertz CT molecular complexity index is 1500. The third-order valence-corrected chi connectivity index (χ3v) is 6.46. The summed E-state index contributed by atoms with van der Waals surface area (Å²) in [5.74, 6) is -0.0386. The lowest BCUT2D eigenvalue weighted by molar-refractivity contribution is -0.141. The van der Waals surface area contributed by atoms with E-state index in [0.29, 0.717) is 11.3 Å². The molecule has 5 rings (SSSR count). The predicted molar refractivity (Wildman–Crippen MR) is 134 cm³/mol. The molecule has 0 atom stereocenters. The Labute approximate surface area is 216 Å². The SMILES string of the molecule is Cc1cc(-c2cnc(N)c(-n3cc(C(=O)NCc4ccc(C(F)(F)F)nc4)cn3)n2)cc2c1CCN(C)C2. The Hall–Kier alpha value is -4.32. The van der Waals surface area contributed by atoms with Gasteiger partial charge in [0.2, 0.25) is 0 Å². The van der Waals surface area contributed by atoms with Gasteiger partial charge < -0.3 is 16.0 Å². The summed E-state index contributed by atoms with van der Waals surface area (Å²) in [5, 5.41) is 6.87. The second-order valence-electron chi connectivity index (χ2n) is 9.29. The van der Waals surface area contributed by atoms with Crippen LogP contribution in [0.4, 0.5) is 19.0 Å². The number of anilines is 1. The molecule has 38 heavy (non-hydrogen) atoms. The standard InChI is InChI=1S/C26H25F3N8O/c1-15-7-17(8-18-13-36(2)6-5-20(15)18)21-12-32-23(30)24(35-21)37-14-19(11-34-37)25(38)33-10-16-3-4-22(31-9-16)26(27,28)29/h3-4,7-9,11-12,14H,5-6,10,13H2,1-2H3,(H2,30,32)(H,33,38). The summed E-state index contributed by atoms with van der Waals surface area (Å²) in [6.07, 6.45) is 2.00. The van der Waals surface area contributed by atoms with Gasteiger partial charge in [-0.15, -0.1) is 0 Å². The van der Waals surface area contributed by atoms with Crippen LogP contribution in [-0.4, -0.2) is 49.1 Å². The van der Waals surface area contributed by atoms with Crippen molar-refractivity contribution in [2.75, 3.05) is 19.3 Å². The fourth-order valence-corrected chi connectivity index (χ4v) is 4.44. The molecule has 1 aromatic carbocycles. The molecule has 0 fully saturated rings. The topological polar surface area (TPSA) is 115 Å². The summed E-state index contributed by atoms with van der Waals surface area (Å²) in [6, 6.07) is 6.35. The van der Waals surface area contributed by atoms with Crippen LogP contribution in [0.15, 0.2) is 49.1 Å². The minimum absolute atomic E-state index is 0.000547. The van der Waals surface area contributed by atoms with E-state index in [4.69, 9.17) is 5.73 Å². The minimum atomic E-state index is -4.52. The molecule has 4 aromatic rings. The third-order valence-electron chi connectivity index (χ3n) is 6.46. The van der Waals surface area contributed by atoms with Crippen molar-refractivity contribution < 1.29 is 18.0 Å². The number of aromatic nitrogens is 5. The quantitative estimate of drug-likeness (QED) is 0.412. The number of rotatable bonds is 5. The third kappa shape index (κ3) is 5.21. The Morgan fingerprint density at radius 3 is 2.71 bits per heavy atom. The number of aryl methyl sites for hydroxylation is 1. The molecule has 1 aliphatic heterocycles. The summed E-state index contributed by atoms with van der Waals surface area (Å²) < 4.78 is 39.4. The summed E-state index contributed by atoms with van der Waals surface area (Å²) >= 11 is 0. The first-order valence-electron chi connectivity index (χ1n) is 11.9. The normalized spacial score (nSPS) is 13.8. The number of hydrogen-bond acceptors (Lipinski definition) is 7. The molecule has 0 bridgehead atoms. The van der Waals surface area contributed by atoms with Gasteiger partial charge in [0.15, 0.2) is 11.6 Å². The van der Waals surface area contributed by atoms with E-state index in [-0.39, 0.29) is 23.7 Å². The van der Waals surface area contributed by atoms with E-state index in [2.05, 4.69) is 56.4 Å². The van der Waals surface area contributed by atoms with E-state index in [1.807, 2.05) is 0 Å². The highest BCUT2D eigenvalue weighted by molar-refractivity contribution is 5.93. The summed E-state index contributed by atoms with van der Waals surface area (Å²) in [5.41, 5.74) is 11.1. The first-order valence-corrected chi connectivity index (χ1v) is 11.9. The molecule has 12 heteroatoms. The van der Waals surface area contributed by atoms with Crippen molar-refractivity contribution in [1.82, 2.24) is 34.9 Å². The van der Waals surface area contributed by atoms with Crippen molar-refractivity contribution in [1.29, 1.82) is 0 Å². The number of amides is 1. The number of nitrogens with zero attached hydrogens (tertiary/aromatic N) is 6. The van der Waals surface area contributed by atoms with Gasteiger partial charge in [0.25, 0.3) is 5.91 Å². The van der Waals surface area contributed by atoms with Crippen molar-refractivity contribution in [2.24, 2.45) is 0 Å². The van der Waals surface area contributed by atoms with Gasteiger partial charge in [-0.3, -0.25) is 9.78 Å². The zero-order valence-corrected chi connectivity index (χ0v) is 20.8. The van der Waals surface area contributed by atoms with Crippen molar-refractivity contribution in [2.45, 2.75) is 32.6 Å². The number of likely N-dealkylation sites (N-methyl/N-ethyl adjacent to an activating group) is 1. The van der Waals surface area contributed by atoms with E-state index in [9.17, 15) is 18.0 Å². The number of carbonyl (C=O) groups excluding carboxylic acids is 1. The number of nitrogen functional groups attached to an aromatic ring is 1. The summed E-state index contributed by atoms with van der Waals surface area (Å²) in [6.45, 7) is 3.98. The molecule has 1 amide bonds. The first kappa shape index (κ1) is 25.3. The van der Waals surface area contributed by atoms with Gasteiger partial charge in [-0.05, 0) is 60.8 Å². The average Bonchev–Trinajstić information content (AvgIpc) is 3.37. The highest BCUT2D eigenvalue weighted by Crippen LogP contribution is 2.29. The minimum Gasteiger partial charge on any atom is -0.381 e. The molecule has 0 spiro atoms. The molecule has 4 heterocycles. The Kier molecular flexibility index (Phi) is 6.57. The molecule has 0 saturated carbocycles. The van der Waals surface area contributed by atoms with Crippen molar-refractivity contribution in [3.63, 3.8) is 0 Å². The van der Waals surface area contributed by atoms with E-state index in [1.54, 1.807) is 6.20 Å². The largest absolute Gasteiger partial charge is 0.433 e. The van der Waals surface area contributed by atoms with Crippen LogP contribution < -0.4 is 11.1 Å². The maximum absolute atomic E-state index is 12.7. The Balaban J connectivity index is 1.33. The summed E-state index contributed by atoms with van der Waals surface area (Å²) in [7, 11) is 2.10. The van der Waals surface area contributed by atoms with Crippen LogP contribution in [0.25, 0.3) is 17.1 Å². The Morgan fingerprint density at radius 1 is 1.16 bits per heavy atom. The van der Waals surface area contributed by atoms with Crippen LogP contribution in [0.1, 0.15) is 38.3 Å². The monoisotopic (exact) mass is 522 g/mol. The number of alkyl halides is 3. The second-order valence-corrected chi connectivity index (χ2v) is 9.29. The molecule has 0 radical (unpaired) electrons. The van der Waals surface area contributed by atoms with Crippen LogP contribution in [0.5, 0.6) is 0 Å². The van der Waals surface area contributed by atoms with Gasteiger partial charge in [0, 0.05) is 37.6 Å². The lowest BCUT2D eigenvalue weighted by Crippen LogP contribution is -2.27. The highest BCUT2D eigenvalue weighted by Gasteiger charge is 2.32. The van der Waals surface area contributed by atoms with Crippen LogP contribution in [0.3, 0.4) is 0 Å². The number of benzene rings is 1. The number of pyridine rings is 1. The lowest BCUT2D eigenvalue weighted by Gasteiger charge is -2.27. The molecular weight excluding hydrogens is 497 g/mol. The van der Waals surface area contributed by atoms with Gasteiger partial charge in [0.05, 0.1) is 23.7 Å². The molecule has 196 valence electrons. The van der Waals surface area contributed by atoms with Gasteiger partial charge in [0.1, 0.15) is 5.69 Å². The molecule has 3 N–H and O–H groups in total. The average molecular weight is 523 g/mol. The smallest absolute Gasteiger partial charge is 0.381 e. The van der Waals surface area contributed by atoms with E-state index < -0.39 is 17.8 Å². The lowest BCUT2D eigenvalue weighted by atomic mass is 9.92. The van der Waals surface area contributed by atoms with Crippen molar-refractivity contribution in [3.8, 4) is 17.1 Å². The van der Waals surface area contributed by atoms with Crippen molar-refractivity contribution in [3.05, 3.63) is 82.6 Å². The fourth-order valence-electron chi connectivity index (χ4n) is 4.44. The number of hydrogen-bond donors (Lipinski definition) is 2. The second kappa shape index (κ2) is 9.86. The zero-order chi connectivity index (χ0) is 27.0. The predicted octanol–water partition coefficient (Wildman–Crippen LogP) is 3.55. The van der Waals surface area contributed by atoms with Gasteiger partial charge in [-0.25, -0.2) is 14.6 Å². The first-order chi connectivity index (χ1) is 18.1. The fraction of sp³-hybridized carbons (Fsp3) is 0.269. The molecule has 0 unspecified atom stereocenters.